The van der Waals surface area contributed by atoms with Gasteiger partial charge in [-0.3, -0.25) is 0 Å². The highest BCUT2D eigenvalue weighted by atomic mass is 32.2. The zero-order valence-corrected chi connectivity index (χ0v) is 9.09. The number of aromatic nitrogens is 2. The van der Waals surface area contributed by atoms with Gasteiger partial charge >= 0.3 is 5.97 Å². The first-order valence-electron chi connectivity index (χ1n) is 3.98. The molecule has 1 aromatic heterocycles. The SMILES string of the molecule is CSc1c(C)nn(C)c1OCC(=O)O. The van der Waals surface area contributed by atoms with Crippen molar-refractivity contribution < 1.29 is 14.6 Å². The Labute approximate surface area is 86.1 Å². The van der Waals surface area contributed by atoms with Crippen LogP contribution in [0.2, 0.25) is 0 Å². The van der Waals surface area contributed by atoms with E-state index in [1.807, 2.05) is 13.2 Å². The number of hydrogen-bond acceptors (Lipinski definition) is 4. The molecule has 0 amide bonds. The first kappa shape index (κ1) is 10.9. The number of rotatable bonds is 4. The largest absolute Gasteiger partial charge is 0.479 e. The van der Waals surface area contributed by atoms with E-state index in [0.29, 0.717) is 5.88 Å². The van der Waals surface area contributed by atoms with E-state index >= 15 is 0 Å². The Hall–Kier alpha value is -1.17. The maximum atomic E-state index is 10.3. The number of ether oxygens (including phenoxy) is 1. The molecule has 1 N–H and O–H groups in total. The van der Waals surface area contributed by atoms with Gasteiger partial charge in [0.25, 0.3) is 0 Å². The monoisotopic (exact) mass is 216 g/mol. The van der Waals surface area contributed by atoms with Crippen molar-refractivity contribution in [2.75, 3.05) is 12.9 Å². The Morgan fingerprint density at radius 3 is 2.86 bits per heavy atom. The van der Waals surface area contributed by atoms with Crippen LogP contribution in [0.3, 0.4) is 0 Å². The first-order chi connectivity index (χ1) is 6.56. The van der Waals surface area contributed by atoms with E-state index in [1.165, 1.54) is 11.8 Å². The molecule has 0 aromatic carbocycles. The number of carboxylic acid groups (broad SMARTS) is 1. The van der Waals surface area contributed by atoms with Crippen LogP contribution in [-0.2, 0) is 11.8 Å². The molecule has 0 atom stereocenters. The van der Waals surface area contributed by atoms with E-state index in [4.69, 9.17) is 9.84 Å². The summed E-state index contributed by atoms with van der Waals surface area (Å²) in [6.45, 7) is 1.52. The molecule has 1 aromatic rings. The molecule has 1 rings (SSSR count). The second-order valence-electron chi connectivity index (χ2n) is 2.73. The summed E-state index contributed by atoms with van der Waals surface area (Å²) in [5.74, 6) is -0.478. The van der Waals surface area contributed by atoms with Crippen LogP contribution in [0.5, 0.6) is 5.88 Å². The number of nitrogens with zero attached hydrogens (tertiary/aromatic N) is 2. The van der Waals surface area contributed by atoms with E-state index < -0.39 is 5.97 Å². The van der Waals surface area contributed by atoms with Crippen molar-refractivity contribution in [3.8, 4) is 5.88 Å². The summed E-state index contributed by atoms with van der Waals surface area (Å²) in [4.78, 5) is 11.2. The highest BCUT2D eigenvalue weighted by Gasteiger charge is 2.14. The predicted molar refractivity (Wildman–Crippen MR) is 52.9 cm³/mol. The smallest absolute Gasteiger partial charge is 0.341 e. The zero-order valence-electron chi connectivity index (χ0n) is 8.27. The third-order valence-corrected chi connectivity index (χ3v) is 2.53. The fraction of sp³-hybridized carbons (Fsp3) is 0.500. The van der Waals surface area contributed by atoms with Crippen LogP contribution in [-0.4, -0.2) is 33.7 Å². The van der Waals surface area contributed by atoms with Gasteiger partial charge in [0.2, 0.25) is 5.88 Å². The van der Waals surface area contributed by atoms with Gasteiger partial charge < -0.3 is 9.84 Å². The third-order valence-electron chi connectivity index (χ3n) is 1.65. The Morgan fingerprint density at radius 1 is 1.71 bits per heavy atom. The highest BCUT2D eigenvalue weighted by Crippen LogP contribution is 2.29. The normalized spacial score (nSPS) is 10.2. The van der Waals surface area contributed by atoms with Crippen LogP contribution in [0.4, 0.5) is 0 Å². The summed E-state index contributed by atoms with van der Waals surface area (Å²) < 4.78 is 6.67. The minimum Gasteiger partial charge on any atom is -0.479 e. The van der Waals surface area contributed by atoms with Crippen molar-refractivity contribution in [3.05, 3.63) is 5.69 Å². The van der Waals surface area contributed by atoms with Gasteiger partial charge in [0, 0.05) is 7.05 Å². The molecule has 0 radical (unpaired) electrons. The van der Waals surface area contributed by atoms with Gasteiger partial charge in [-0.1, -0.05) is 0 Å². The fourth-order valence-electron chi connectivity index (χ4n) is 1.14. The lowest BCUT2D eigenvalue weighted by molar-refractivity contribution is -0.139. The molecule has 0 unspecified atom stereocenters. The molecule has 14 heavy (non-hydrogen) atoms. The van der Waals surface area contributed by atoms with Crippen LogP contribution in [0.15, 0.2) is 4.90 Å². The molecule has 6 heteroatoms. The molecule has 0 saturated carbocycles. The van der Waals surface area contributed by atoms with Gasteiger partial charge in [-0.25, -0.2) is 9.48 Å². The van der Waals surface area contributed by atoms with Crippen molar-refractivity contribution in [1.82, 2.24) is 9.78 Å². The van der Waals surface area contributed by atoms with Crippen molar-refractivity contribution in [1.29, 1.82) is 0 Å². The third kappa shape index (κ3) is 2.20. The Kier molecular flexibility index (Phi) is 3.40. The summed E-state index contributed by atoms with van der Waals surface area (Å²) >= 11 is 1.49. The first-order valence-corrected chi connectivity index (χ1v) is 5.21. The average Bonchev–Trinajstić information content (AvgIpc) is 2.36. The molecule has 0 fully saturated rings. The van der Waals surface area contributed by atoms with E-state index in [2.05, 4.69) is 5.10 Å². The molecule has 0 aliphatic rings. The van der Waals surface area contributed by atoms with Gasteiger partial charge in [-0.05, 0) is 13.2 Å². The van der Waals surface area contributed by atoms with Gasteiger partial charge in [0.15, 0.2) is 6.61 Å². The van der Waals surface area contributed by atoms with Gasteiger partial charge in [0.05, 0.1) is 10.6 Å². The topological polar surface area (TPSA) is 64.4 Å². The summed E-state index contributed by atoms with van der Waals surface area (Å²) in [6, 6.07) is 0. The molecule has 0 saturated heterocycles. The lowest BCUT2D eigenvalue weighted by Gasteiger charge is -2.04. The Morgan fingerprint density at radius 2 is 2.36 bits per heavy atom. The van der Waals surface area contributed by atoms with Crippen molar-refractivity contribution in [2.24, 2.45) is 7.05 Å². The van der Waals surface area contributed by atoms with Crippen molar-refractivity contribution in [2.45, 2.75) is 11.8 Å². The highest BCUT2D eigenvalue weighted by molar-refractivity contribution is 7.98. The van der Waals surface area contributed by atoms with Gasteiger partial charge in [0.1, 0.15) is 0 Å². The van der Waals surface area contributed by atoms with Crippen LogP contribution in [0.1, 0.15) is 5.69 Å². The van der Waals surface area contributed by atoms with Gasteiger partial charge in [-0.2, -0.15) is 5.10 Å². The fourth-order valence-corrected chi connectivity index (χ4v) is 1.84. The van der Waals surface area contributed by atoms with Crippen LogP contribution in [0, 0.1) is 6.92 Å². The minimum atomic E-state index is -0.990. The molecule has 5 nitrogen and oxygen atoms in total. The summed E-state index contributed by atoms with van der Waals surface area (Å²) in [7, 11) is 1.73. The number of thioether (sulfide) groups is 1. The minimum absolute atomic E-state index is 0.341. The molecule has 0 bridgehead atoms. The number of hydrogen-bond donors (Lipinski definition) is 1. The van der Waals surface area contributed by atoms with Crippen LogP contribution in [0.25, 0.3) is 0 Å². The number of aryl methyl sites for hydroxylation is 2. The molecule has 0 aliphatic heterocycles. The Bertz CT molecular complexity index is 349. The summed E-state index contributed by atoms with van der Waals surface area (Å²) in [6.07, 6.45) is 1.90. The molecular formula is C8H12N2O3S. The summed E-state index contributed by atoms with van der Waals surface area (Å²) in [5.41, 5.74) is 0.848. The maximum absolute atomic E-state index is 10.3. The quantitative estimate of drug-likeness (QED) is 0.758. The average molecular weight is 216 g/mol. The number of carboxylic acids is 1. The van der Waals surface area contributed by atoms with Crippen molar-refractivity contribution in [3.63, 3.8) is 0 Å². The molecule has 1 heterocycles. The van der Waals surface area contributed by atoms with E-state index in [9.17, 15) is 4.79 Å². The molecule has 0 spiro atoms. The zero-order chi connectivity index (χ0) is 10.7. The maximum Gasteiger partial charge on any atom is 0.341 e. The van der Waals surface area contributed by atoms with E-state index in [-0.39, 0.29) is 6.61 Å². The van der Waals surface area contributed by atoms with Gasteiger partial charge in [-0.15, -0.1) is 11.8 Å². The lowest BCUT2D eigenvalue weighted by Crippen LogP contribution is -2.11. The second-order valence-corrected chi connectivity index (χ2v) is 3.55. The number of aliphatic carboxylic acids is 1. The summed E-state index contributed by atoms with van der Waals surface area (Å²) in [5, 5.41) is 12.6. The molecule has 78 valence electrons. The standard InChI is InChI=1S/C8H12N2O3S/c1-5-7(14-3)8(10(2)9-5)13-4-6(11)12/h4H2,1-3H3,(H,11,12). The number of carbonyl (C=O) groups is 1. The second kappa shape index (κ2) is 4.36. The van der Waals surface area contributed by atoms with Crippen LogP contribution >= 0.6 is 11.8 Å². The van der Waals surface area contributed by atoms with Crippen molar-refractivity contribution >= 4 is 17.7 Å². The molecular weight excluding hydrogens is 204 g/mol. The predicted octanol–water partition coefficient (Wildman–Crippen LogP) is 0.914. The van der Waals surface area contributed by atoms with E-state index in [1.54, 1.807) is 11.7 Å². The molecule has 0 aliphatic carbocycles. The Balaban J connectivity index is 2.88. The lowest BCUT2D eigenvalue weighted by atomic mass is 10.5. The van der Waals surface area contributed by atoms with E-state index in [0.717, 1.165) is 10.6 Å². The van der Waals surface area contributed by atoms with Crippen LogP contribution < -0.4 is 4.74 Å².